The third-order valence-corrected chi connectivity index (χ3v) is 5.88. The van der Waals surface area contributed by atoms with Crippen LogP contribution in [0, 0.1) is 5.92 Å². The molecule has 1 heteroatoms. The summed E-state index contributed by atoms with van der Waals surface area (Å²) >= 11 is 0. The molecule has 0 saturated heterocycles. The van der Waals surface area contributed by atoms with Crippen molar-refractivity contribution < 1.29 is 5.11 Å². The molecule has 130 valence electrons. The molecule has 2 aromatic rings. The highest BCUT2D eigenvalue weighted by atomic mass is 16.3. The molecule has 1 aliphatic carbocycles. The maximum atomic E-state index is 9.60. The van der Waals surface area contributed by atoms with Crippen LogP contribution in [0.3, 0.4) is 0 Å². The number of unbranched alkanes of at least 4 members (excludes halogenated alkanes) is 4. The van der Waals surface area contributed by atoms with E-state index in [4.69, 9.17) is 0 Å². The first kappa shape index (κ1) is 17.3. The Hall–Kier alpha value is -1.50. The molecular formula is C23H32O. The van der Waals surface area contributed by atoms with Crippen LogP contribution in [-0.4, -0.2) is 5.11 Å². The van der Waals surface area contributed by atoms with Crippen molar-refractivity contribution in [3.63, 3.8) is 0 Å². The van der Waals surface area contributed by atoms with E-state index in [-0.39, 0.29) is 0 Å². The molecule has 0 atom stereocenters. The molecule has 1 saturated carbocycles. The number of phenolic OH excluding ortho intramolecular Hbond substituents is 1. The van der Waals surface area contributed by atoms with Crippen LogP contribution in [0.5, 0.6) is 5.75 Å². The molecule has 0 bridgehead atoms. The lowest BCUT2D eigenvalue weighted by molar-refractivity contribution is 0.302. The molecule has 0 amide bonds. The molecule has 1 nitrogen and oxygen atoms in total. The van der Waals surface area contributed by atoms with Crippen LogP contribution in [0.4, 0.5) is 0 Å². The van der Waals surface area contributed by atoms with E-state index in [1.807, 2.05) is 12.1 Å². The molecule has 0 aromatic heterocycles. The van der Waals surface area contributed by atoms with Crippen LogP contribution in [0.25, 0.3) is 10.8 Å². The number of fused-ring (bicyclic) bond motifs is 1. The summed E-state index contributed by atoms with van der Waals surface area (Å²) in [6.45, 7) is 2.29. The first-order chi connectivity index (χ1) is 11.8. The van der Waals surface area contributed by atoms with Crippen molar-refractivity contribution in [3.05, 3.63) is 42.0 Å². The van der Waals surface area contributed by atoms with Crippen LogP contribution in [0.1, 0.15) is 82.6 Å². The first-order valence-corrected chi connectivity index (χ1v) is 9.99. The van der Waals surface area contributed by atoms with Crippen molar-refractivity contribution in [2.24, 2.45) is 5.92 Å². The van der Waals surface area contributed by atoms with Gasteiger partial charge >= 0.3 is 0 Å². The second kappa shape index (κ2) is 8.55. The van der Waals surface area contributed by atoms with Crippen molar-refractivity contribution in [1.29, 1.82) is 0 Å². The van der Waals surface area contributed by atoms with Crippen molar-refractivity contribution in [1.82, 2.24) is 0 Å². The Bertz CT molecular complexity index is 638. The van der Waals surface area contributed by atoms with Crippen LogP contribution < -0.4 is 0 Å². The van der Waals surface area contributed by atoms with Gasteiger partial charge in [-0.1, -0.05) is 69.7 Å². The minimum atomic E-state index is 0.356. The summed E-state index contributed by atoms with van der Waals surface area (Å²) in [5.74, 6) is 2.06. The molecular weight excluding hydrogens is 292 g/mol. The summed E-state index contributed by atoms with van der Waals surface area (Å²) in [7, 11) is 0. The van der Waals surface area contributed by atoms with Crippen LogP contribution in [-0.2, 0) is 0 Å². The maximum absolute atomic E-state index is 9.60. The predicted molar refractivity (Wildman–Crippen MR) is 104 cm³/mol. The lowest BCUT2D eigenvalue weighted by atomic mass is 9.77. The van der Waals surface area contributed by atoms with Gasteiger partial charge in [-0.25, -0.2) is 0 Å². The van der Waals surface area contributed by atoms with E-state index in [2.05, 4.69) is 25.1 Å². The standard InChI is InChI=1S/C23H32O/c1-2-3-4-5-6-7-18-8-10-19(11-9-18)20-12-13-22-17-23(24)15-14-21(22)16-20/h12-19,24H,2-11H2,1H3. The zero-order valence-electron chi connectivity index (χ0n) is 15.1. The van der Waals surface area contributed by atoms with Crippen molar-refractivity contribution in [3.8, 4) is 5.75 Å². The number of benzene rings is 2. The summed E-state index contributed by atoms with van der Waals surface area (Å²) in [5, 5.41) is 12.0. The van der Waals surface area contributed by atoms with Crippen molar-refractivity contribution >= 4 is 10.8 Å². The number of rotatable bonds is 7. The van der Waals surface area contributed by atoms with Gasteiger partial charge in [-0.3, -0.25) is 0 Å². The van der Waals surface area contributed by atoms with Gasteiger partial charge in [0, 0.05) is 0 Å². The normalized spacial score (nSPS) is 21.2. The quantitative estimate of drug-likeness (QED) is 0.535. The van der Waals surface area contributed by atoms with E-state index in [9.17, 15) is 5.11 Å². The fourth-order valence-electron chi connectivity index (χ4n) is 4.33. The number of hydrogen-bond acceptors (Lipinski definition) is 1. The van der Waals surface area contributed by atoms with Gasteiger partial charge in [0.2, 0.25) is 0 Å². The van der Waals surface area contributed by atoms with Crippen LogP contribution in [0.2, 0.25) is 0 Å². The fourth-order valence-corrected chi connectivity index (χ4v) is 4.33. The summed E-state index contributed by atoms with van der Waals surface area (Å²) in [5.41, 5.74) is 1.49. The molecule has 1 N–H and O–H groups in total. The molecule has 0 heterocycles. The topological polar surface area (TPSA) is 20.2 Å². The van der Waals surface area contributed by atoms with E-state index >= 15 is 0 Å². The zero-order chi connectivity index (χ0) is 16.8. The van der Waals surface area contributed by atoms with E-state index in [0.717, 1.165) is 17.2 Å². The second-order valence-electron chi connectivity index (χ2n) is 7.71. The largest absolute Gasteiger partial charge is 0.508 e. The molecule has 0 radical (unpaired) electrons. The summed E-state index contributed by atoms with van der Waals surface area (Å²) < 4.78 is 0. The fraction of sp³-hybridized carbons (Fsp3) is 0.565. The van der Waals surface area contributed by atoms with Gasteiger partial charge in [0.25, 0.3) is 0 Å². The highest BCUT2D eigenvalue weighted by Gasteiger charge is 2.22. The molecule has 3 rings (SSSR count). The molecule has 1 aliphatic rings. The Kier molecular flexibility index (Phi) is 6.18. The van der Waals surface area contributed by atoms with E-state index < -0.39 is 0 Å². The highest BCUT2D eigenvalue weighted by molar-refractivity contribution is 5.84. The van der Waals surface area contributed by atoms with Gasteiger partial charge in [-0.2, -0.15) is 0 Å². The summed E-state index contributed by atoms with van der Waals surface area (Å²) in [6.07, 6.45) is 14.0. The number of phenols is 1. The zero-order valence-corrected chi connectivity index (χ0v) is 15.1. The molecule has 1 fully saturated rings. The third-order valence-electron chi connectivity index (χ3n) is 5.88. The van der Waals surface area contributed by atoms with Gasteiger partial charge in [-0.05, 0) is 66.0 Å². The Morgan fingerprint density at radius 3 is 2.33 bits per heavy atom. The Morgan fingerprint density at radius 2 is 1.54 bits per heavy atom. The van der Waals surface area contributed by atoms with Gasteiger partial charge in [0.15, 0.2) is 0 Å². The van der Waals surface area contributed by atoms with Crippen LogP contribution >= 0.6 is 0 Å². The van der Waals surface area contributed by atoms with E-state index in [1.165, 1.54) is 75.2 Å². The number of aromatic hydroxyl groups is 1. The molecule has 0 aliphatic heterocycles. The van der Waals surface area contributed by atoms with Crippen molar-refractivity contribution in [2.75, 3.05) is 0 Å². The average molecular weight is 325 g/mol. The van der Waals surface area contributed by atoms with Gasteiger partial charge < -0.3 is 5.11 Å². The second-order valence-corrected chi connectivity index (χ2v) is 7.71. The maximum Gasteiger partial charge on any atom is 0.116 e. The Labute approximate surface area is 147 Å². The SMILES string of the molecule is CCCCCCCC1CCC(c2ccc3cc(O)ccc3c2)CC1. The monoisotopic (exact) mass is 324 g/mol. The molecule has 2 aromatic carbocycles. The highest BCUT2D eigenvalue weighted by Crippen LogP contribution is 2.38. The van der Waals surface area contributed by atoms with Gasteiger partial charge in [0.05, 0.1) is 0 Å². The summed E-state index contributed by atoms with van der Waals surface area (Å²) in [4.78, 5) is 0. The smallest absolute Gasteiger partial charge is 0.116 e. The van der Waals surface area contributed by atoms with E-state index in [1.54, 1.807) is 6.07 Å². The predicted octanol–water partition coefficient (Wildman–Crippen LogP) is 7.18. The van der Waals surface area contributed by atoms with Crippen LogP contribution in [0.15, 0.2) is 36.4 Å². The minimum Gasteiger partial charge on any atom is -0.508 e. The van der Waals surface area contributed by atoms with Crippen molar-refractivity contribution in [2.45, 2.75) is 77.0 Å². The lowest BCUT2D eigenvalue weighted by Gasteiger charge is -2.29. The molecule has 0 spiro atoms. The van der Waals surface area contributed by atoms with Gasteiger partial charge in [-0.15, -0.1) is 0 Å². The Balaban J connectivity index is 1.50. The lowest BCUT2D eigenvalue weighted by Crippen LogP contribution is -2.13. The van der Waals surface area contributed by atoms with E-state index in [0.29, 0.717) is 5.75 Å². The molecule has 0 unspecified atom stereocenters. The minimum absolute atomic E-state index is 0.356. The third kappa shape index (κ3) is 4.53. The average Bonchev–Trinajstić information content (AvgIpc) is 2.62. The first-order valence-electron chi connectivity index (χ1n) is 9.99. The number of hydrogen-bond donors (Lipinski definition) is 1. The Morgan fingerprint density at radius 1 is 0.833 bits per heavy atom. The molecule has 24 heavy (non-hydrogen) atoms. The summed E-state index contributed by atoms with van der Waals surface area (Å²) in [6, 6.07) is 12.5. The van der Waals surface area contributed by atoms with Gasteiger partial charge in [0.1, 0.15) is 5.75 Å².